The SMILES string of the molecule is Nc1nc2ccn(CCCC=CC=CC(=O)N[C@@H](CCC(=O)O)C(=O)O)c2c(=O)[nH]1. The number of carboxylic acids is 2. The highest BCUT2D eigenvalue weighted by Crippen LogP contribution is 2.11. The van der Waals surface area contributed by atoms with E-state index in [0.717, 1.165) is 6.42 Å². The topological polar surface area (TPSA) is 180 Å². The molecule has 11 nitrogen and oxygen atoms in total. The van der Waals surface area contributed by atoms with Crippen molar-refractivity contribution in [3.63, 3.8) is 0 Å². The average molecular weight is 417 g/mol. The quantitative estimate of drug-likeness (QED) is 0.200. The number of carboxylic acid groups (broad SMARTS) is 2. The minimum atomic E-state index is -1.29. The molecule has 0 saturated carbocycles. The number of hydrogen-bond acceptors (Lipinski definition) is 6. The van der Waals surface area contributed by atoms with Crippen LogP contribution in [0.5, 0.6) is 0 Å². The minimum Gasteiger partial charge on any atom is -0.481 e. The van der Waals surface area contributed by atoms with E-state index in [1.54, 1.807) is 22.9 Å². The Morgan fingerprint density at radius 1 is 1.30 bits per heavy atom. The van der Waals surface area contributed by atoms with Crippen molar-refractivity contribution >= 4 is 34.8 Å². The first-order valence-electron chi connectivity index (χ1n) is 9.21. The number of nitrogens with two attached hydrogens (primary N) is 1. The molecular formula is C19H23N5O6. The molecule has 2 heterocycles. The lowest BCUT2D eigenvalue weighted by molar-refractivity contribution is -0.142. The predicted octanol–water partition coefficient (Wildman–Crippen LogP) is 0.634. The molecule has 6 N–H and O–H groups in total. The predicted molar refractivity (Wildman–Crippen MR) is 109 cm³/mol. The van der Waals surface area contributed by atoms with Crippen molar-refractivity contribution < 1.29 is 24.6 Å². The molecule has 11 heteroatoms. The van der Waals surface area contributed by atoms with Crippen molar-refractivity contribution in [1.29, 1.82) is 0 Å². The number of aryl methyl sites for hydroxylation is 1. The lowest BCUT2D eigenvalue weighted by atomic mass is 10.1. The highest BCUT2D eigenvalue weighted by Gasteiger charge is 2.19. The van der Waals surface area contributed by atoms with E-state index in [1.165, 1.54) is 12.2 Å². The van der Waals surface area contributed by atoms with Gasteiger partial charge in [0.1, 0.15) is 11.6 Å². The first-order chi connectivity index (χ1) is 14.3. The molecule has 0 fully saturated rings. The fourth-order valence-electron chi connectivity index (χ4n) is 2.76. The van der Waals surface area contributed by atoms with Gasteiger partial charge in [0, 0.05) is 25.2 Å². The van der Waals surface area contributed by atoms with Gasteiger partial charge in [-0.05, 0) is 25.3 Å². The maximum atomic E-state index is 12.0. The van der Waals surface area contributed by atoms with Gasteiger partial charge in [-0.25, -0.2) is 9.78 Å². The largest absolute Gasteiger partial charge is 0.481 e. The highest BCUT2D eigenvalue weighted by molar-refractivity contribution is 5.91. The van der Waals surface area contributed by atoms with E-state index < -0.39 is 23.9 Å². The van der Waals surface area contributed by atoms with Crippen LogP contribution in [-0.4, -0.2) is 48.6 Å². The van der Waals surface area contributed by atoms with Crippen LogP contribution in [0.2, 0.25) is 0 Å². The number of amides is 1. The van der Waals surface area contributed by atoms with Gasteiger partial charge in [0.25, 0.3) is 5.56 Å². The summed E-state index contributed by atoms with van der Waals surface area (Å²) in [6.07, 6.45) is 8.75. The molecular weight excluding hydrogens is 394 g/mol. The van der Waals surface area contributed by atoms with E-state index in [-0.39, 0.29) is 24.3 Å². The average Bonchev–Trinajstić information content (AvgIpc) is 3.06. The number of nitrogen functional groups attached to an aromatic ring is 1. The van der Waals surface area contributed by atoms with E-state index in [1.807, 2.05) is 6.08 Å². The molecule has 0 aliphatic heterocycles. The summed E-state index contributed by atoms with van der Waals surface area (Å²) in [7, 11) is 0. The zero-order valence-electron chi connectivity index (χ0n) is 16.1. The molecule has 0 spiro atoms. The van der Waals surface area contributed by atoms with Crippen molar-refractivity contribution in [1.82, 2.24) is 19.9 Å². The number of aromatic amines is 1. The van der Waals surface area contributed by atoms with Crippen LogP contribution in [0, 0.1) is 0 Å². The summed E-state index contributed by atoms with van der Waals surface area (Å²) in [6.45, 7) is 0.594. The summed E-state index contributed by atoms with van der Waals surface area (Å²) in [6, 6.07) is 0.463. The van der Waals surface area contributed by atoms with Crippen molar-refractivity contribution in [2.45, 2.75) is 38.3 Å². The van der Waals surface area contributed by atoms with E-state index in [0.29, 0.717) is 24.0 Å². The summed E-state index contributed by atoms with van der Waals surface area (Å²) < 4.78 is 1.79. The molecule has 0 bridgehead atoms. The molecule has 0 aliphatic rings. The van der Waals surface area contributed by atoms with Crippen LogP contribution in [0.1, 0.15) is 25.7 Å². The number of carbonyl (C=O) groups excluding carboxylic acids is 1. The van der Waals surface area contributed by atoms with Crippen LogP contribution >= 0.6 is 0 Å². The Balaban J connectivity index is 1.78. The van der Waals surface area contributed by atoms with Gasteiger partial charge >= 0.3 is 11.9 Å². The van der Waals surface area contributed by atoms with Crippen LogP contribution < -0.4 is 16.6 Å². The summed E-state index contributed by atoms with van der Waals surface area (Å²) in [5, 5.41) is 19.8. The van der Waals surface area contributed by atoms with Crippen LogP contribution in [-0.2, 0) is 20.9 Å². The number of anilines is 1. The Kier molecular flexibility index (Phi) is 7.91. The molecule has 0 radical (unpaired) electrons. The van der Waals surface area contributed by atoms with E-state index >= 15 is 0 Å². The zero-order chi connectivity index (χ0) is 22.1. The smallest absolute Gasteiger partial charge is 0.326 e. The third kappa shape index (κ3) is 6.62. The van der Waals surface area contributed by atoms with Crippen molar-refractivity contribution in [3.05, 3.63) is 46.9 Å². The lowest BCUT2D eigenvalue weighted by Crippen LogP contribution is -2.40. The van der Waals surface area contributed by atoms with Crippen LogP contribution in [0.15, 0.2) is 41.4 Å². The van der Waals surface area contributed by atoms with Crippen LogP contribution in [0.25, 0.3) is 11.0 Å². The van der Waals surface area contributed by atoms with Gasteiger partial charge in [0.15, 0.2) is 0 Å². The molecule has 0 aliphatic carbocycles. The normalized spacial score (nSPS) is 12.5. The number of fused-ring (bicyclic) bond motifs is 1. The standard InChI is InChI=1S/C19H23N5O6/c20-19-22-12-9-11-24(16(12)17(28)23-19)10-5-3-1-2-4-6-14(25)21-13(18(29)30)7-8-15(26)27/h1-2,4,6,9,11,13H,3,5,7-8,10H2,(H,21,25)(H,26,27)(H,29,30)(H3,20,22,23,28)/t13-/m0/s1. The van der Waals surface area contributed by atoms with Gasteiger partial charge in [0.05, 0.1) is 5.52 Å². The molecule has 0 saturated heterocycles. The molecule has 1 atom stereocenters. The van der Waals surface area contributed by atoms with Gasteiger partial charge in [0.2, 0.25) is 11.9 Å². The Bertz CT molecular complexity index is 1040. The molecule has 1 amide bonds. The minimum absolute atomic E-state index is 0.0700. The van der Waals surface area contributed by atoms with Crippen LogP contribution in [0.4, 0.5) is 5.95 Å². The second-order valence-corrected chi connectivity index (χ2v) is 6.46. The molecule has 0 unspecified atom stereocenters. The third-order valence-electron chi connectivity index (χ3n) is 4.17. The number of H-pyrrole nitrogens is 1. The summed E-state index contributed by atoms with van der Waals surface area (Å²) in [5.41, 5.74) is 6.21. The van der Waals surface area contributed by atoms with E-state index in [4.69, 9.17) is 15.9 Å². The van der Waals surface area contributed by atoms with E-state index in [9.17, 15) is 19.2 Å². The molecule has 2 rings (SSSR count). The second-order valence-electron chi connectivity index (χ2n) is 6.46. The third-order valence-corrected chi connectivity index (χ3v) is 4.17. The number of nitrogens with one attached hydrogen (secondary N) is 2. The molecule has 30 heavy (non-hydrogen) atoms. The number of unbranched alkanes of at least 4 members (excludes halogenated alkanes) is 1. The van der Waals surface area contributed by atoms with Gasteiger partial charge < -0.3 is 25.8 Å². The summed E-state index contributed by atoms with van der Waals surface area (Å²) >= 11 is 0. The first-order valence-corrected chi connectivity index (χ1v) is 9.21. The fraction of sp³-hybridized carbons (Fsp3) is 0.316. The van der Waals surface area contributed by atoms with Crippen molar-refractivity contribution in [2.24, 2.45) is 0 Å². The van der Waals surface area contributed by atoms with Gasteiger partial charge in [-0.1, -0.05) is 18.2 Å². The molecule has 0 aromatic carbocycles. The Hall–Kier alpha value is -3.89. The van der Waals surface area contributed by atoms with Crippen molar-refractivity contribution in [2.75, 3.05) is 5.73 Å². The highest BCUT2D eigenvalue weighted by atomic mass is 16.4. The number of rotatable bonds is 11. The van der Waals surface area contributed by atoms with E-state index in [2.05, 4.69) is 15.3 Å². The number of aliphatic carboxylic acids is 2. The number of carbonyl (C=O) groups is 3. The monoisotopic (exact) mass is 417 g/mol. The zero-order valence-corrected chi connectivity index (χ0v) is 16.1. The lowest BCUT2D eigenvalue weighted by Gasteiger charge is -2.11. The van der Waals surface area contributed by atoms with Gasteiger partial charge in [-0.2, -0.15) is 0 Å². The van der Waals surface area contributed by atoms with Gasteiger partial charge in [-0.15, -0.1) is 0 Å². The van der Waals surface area contributed by atoms with Crippen molar-refractivity contribution in [3.8, 4) is 0 Å². The number of aromatic nitrogens is 3. The molecule has 2 aromatic heterocycles. The first kappa shape index (κ1) is 22.4. The Morgan fingerprint density at radius 3 is 2.77 bits per heavy atom. The summed E-state index contributed by atoms with van der Waals surface area (Å²) in [5.74, 6) is -2.97. The van der Waals surface area contributed by atoms with Crippen LogP contribution in [0.3, 0.4) is 0 Å². The Morgan fingerprint density at radius 2 is 2.07 bits per heavy atom. The molecule has 2 aromatic rings. The van der Waals surface area contributed by atoms with Gasteiger partial charge in [-0.3, -0.25) is 19.4 Å². The maximum Gasteiger partial charge on any atom is 0.326 e. The summed E-state index contributed by atoms with van der Waals surface area (Å²) in [4.78, 5) is 51.8. The number of nitrogens with zero attached hydrogens (tertiary/aromatic N) is 2. The fourth-order valence-corrected chi connectivity index (χ4v) is 2.76. The maximum absolute atomic E-state index is 12.0. The Labute approximate surface area is 170 Å². The number of allylic oxidation sites excluding steroid dienone is 3. The molecule has 160 valence electrons. The number of hydrogen-bond donors (Lipinski definition) is 5. The second kappa shape index (κ2) is 10.6.